The minimum atomic E-state index is -0.516. The fraction of sp³-hybridized carbons (Fsp3) is 0.700. The van der Waals surface area contributed by atoms with Crippen molar-refractivity contribution in [1.29, 1.82) is 0 Å². The first-order valence-electron chi connectivity index (χ1n) is 5.68. The Bertz CT molecular complexity index is 326. The van der Waals surface area contributed by atoms with E-state index in [0.717, 1.165) is 0 Å². The van der Waals surface area contributed by atoms with Gasteiger partial charge in [0.2, 0.25) is 5.91 Å². The Labute approximate surface area is 116 Å². The summed E-state index contributed by atoms with van der Waals surface area (Å²) in [5.41, 5.74) is 5.21. The number of nitrogens with two attached hydrogens (primary N) is 1. The second-order valence-electron chi connectivity index (χ2n) is 3.73. The summed E-state index contributed by atoms with van der Waals surface area (Å²) < 4.78 is 9.64. The van der Waals surface area contributed by atoms with Crippen molar-refractivity contribution < 1.29 is 23.9 Å². The van der Waals surface area contributed by atoms with E-state index in [1.165, 1.54) is 0 Å². The summed E-state index contributed by atoms with van der Waals surface area (Å²) in [7, 11) is 0. The molecule has 110 valence electrons. The van der Waals surface area contributed by atoms with Crippen LogP contribution in [0, 0.1) is 0 Å². The van der Waals surface area contributed by atoms with E-state index in [1.54, 1.807) is 0 Å². The summed E-state index contributed by atoms with van der Waals surface area (Å²) in [5, 5.41) is 4.98. The van der Waals surface area contributed by atoms with Crippen molar-refractivity contribution >= 4 is 30.4 Å². The summed E-state index contributed by atoms with van der Waals surface area (Å²) in [5.74, 6) is -0.743. The fourth-order valence-corrected chi connectivity index (χ4v) is 1.30. The van der Waals surface area contributed by atoms with Crippen molar-refractivity contribution in [2.45, 2.75) is 18.9 Å². The molecular formula is C10H18ClN3O5. The van der Waals surface area contributed by atoms with E-state index < -0.39 is 18.2 Å². The number of esters is 1. The number of carbonyl (C=O) groups is 3. The molecule has 0 aromatic carbocycles. The zero-order chi connectivity index (χ0) is 13.4. The minimum absolute atomic E-state index is 0. The molecule has 0 aromatic rings. The molecule has 0 bridgehead atoms. The summed E-state index contributed by atoms with van der Waals surface area (Å²) in [6.45, 7) is 1.07. The van der Waals surface area contributed by atoms with Gasteiger partial charge in [-0.05, 0) is 0 Å². The summed E-state index contributed by atoms with van der Waals surface area (Å²) in [6, 6.07) is 0. The van der Waals surface area contributed by atoms with Gasteiger partial charge in [0.25, 0.3) is 0 Å². The maximum Gasteiger partial charge on any atom is 0.407 e. The smallest absolute Gasteiger partial charge is 0.407 e. The second-order valence-corrected chi connectivity index (χ2v) is 3.73. The number of alkyl carbamates (subject to hydrolysis) is 1. The molecule has 1 fully saturated rings. The normalized spacial score (nSPS) is 16.9. The van der Waals surface area contributed by atoms with Crippen LogP contribution in [-0.4, -0.2) is 50.3 Å². The van der Waals surface area contributed by atoms with Crippen molar-refractivity contribution in [2.24, 2.45) is 5.73 Å². The molecule has 0 saturated carbocycles. The molecular weight excluding hydrogens is 278 g/mol. The summed E-state index contributed by atoms with van der Waals surface area (Å²) >= 11 is 0. The predicted octanol–water partition coefficient (Wildman–Crippen LogP) is -1.09. The van der Waals surface area contributed by atoms with Crippen LogP contribution in [0.5, 0.6) is 0 Å². The molecule has 0 aromatic heterocycles. The van der Waals surface area contributed by atoms with Gasteiger partial charge in [-0.2, -0.15) is 0 Å². The minimum Gasteiger partial charge on any atom is -0.462 e. The highest BCUT2D eigenvalue weighted by Gasteiger charge is 2.23. The zero-order valence-electron chi connectivity index (χ0n) is 10.3. The van der Waals surface area contributed by atoms with Crippen LogP contribution >= 0.6 is 12.4 Å². The summed E-state index contributed by atoms with van der Waals surface area (Å²) in [6.07, 6.45) is -0.920. The number of hydrogen-bond donors (Lipinski definition) is 3. The maximum absolute atomic E-state index is 11.3. The fourth-order valence-electron chi connectivity index (χ4n) is 1.30. The number of halogens is 1. The Morgan fingerprint density at radius 1 is 1.47 bits per heavy atom. The quantitative estimate of drug-likeness (QED) is 0.514. The highest BCUT2D eigenvalue weighted by Crippen LogP contribution is 2.02. The van der Waals surface area contributed by atoms with Crippen LogP contribution in [0.3, 0.4) is 0 Å². The van der Waals surface area contributed by atoms with E-state index in [2.05, 4.69) is 10.6 Å². The van der Waals surface area contributed by atoms with E-state index >= 15 is 0 Å². The first-order chi connectivity index (χ1) is 8.61. The number of amides is 2. The second kappa shape index (κ2) is 9.40. The molecule has 19 heavy (non-hydrogen) atoms. The Balaban J connectivity index is 0.00000324. The van der Waals surface area contributed by atoms with Gasteiger partial charge in [-0.1, -0.05) is 0 Å². The van der Waals surface area contributed by atoms with Crippen LogP contribution in [-0.2, 0) is 19.1 Å². The molecule has 4 N–H and O–H groups in total. The zero-order valence-corrected chi connectivity index (χ0v) is 11.2. The monoisotopic (exact) mass is 295 g/mol. The first-order valence-corrected chi connectivity index (χ1v) is 5.68. The molecule has 1 heterocycles. The lowest BCUT2D eigenvalue weighted by Crippen LogP contribution is -2.29. The molecule has 0 spiro atoms. The molecule has 1 saturated heterocycles. The van der Waals surface area contributed by atoms with Crippen LogP contribution in [0.2, 0.25) is 0 Å². The largest absolute Gasteiger partial charge is 0.462 e. The van der Waals surface area contributed by atoms with Crippen molar-refractivity contribution in [3.05, 3.63) is 0 Å². The highest BCUT2D eigenvalue weighted by atomic mass is 35.5. The Morgan fingerprint density at radius 2 is 2.21 bits per heavy atom. The lowest BCUT2D eigenvalue weighted by atomic mass is 10.3. The average molecular weight is 296 g/mol. The van der Waals surface area contributed by atoms with Crippen LogP contribution in [0.1, 0.15) is 12.8 Å². The number of ether oxygens (including phenoxy) is 2. The molecule has 1 aliphatic heterocycles. The molecule has 0 unspecified atom stereocenters. The average Bonchev–Trinajstić information content (AvgIpc) is 2.77. The van der Waals surface area contributed by atoms with Gasteiger partial charge < -0.3 is 25.8 Å². The Kier molecular flexibility index (Phi) is 8.64. The van der Waals surface area contributed by atoms with Crippen LogP contribution < -0.4 is 16.4 Å². The first kappa shape index (κ1) is 17.5. The molecule has 9 heteroatoms. The van der Waals surface area contributed by atoms with Crippen molar-refractivity contribution in [3.63, 3.8) is 0 Å². The van der Waals surface area contributed by atoms with Crippen LogP contribution in [0.4, 0.5) is 4.79 Å². The van der Waals surface area contributed by atoms with Gasteiger partial charge >= 0.3 is 12.1 Å². The number of nitrogens with one attached hydrogen (secondary N) is 2. The molecule has 8 nitrogen and oxygen atoms in total. The number of cyclic esters (lactones) is 1. The molecule has 1 rings (SSSR count). The molecule has 0 aliphatic carbocycles. The lowest BCUT2D eigenvalue weighted by Gasteiger charge is -2.08. The van der Waals surface area contributed by atoms with E-state index in [1.807, 2.05) is 0 Å². The number of rotatable bonds is 7. The third-order valence-electron chi connectivity index (χ3n) is 2.20. The third kappa shape index (κ3) is 7.47. The van der Waals surface area contributed by atoms with E-state index in [0.29, 0.717) is 19.6 Å². The molecule has 0 radical (unpaired) electrons. The van der Waals surface area contributed by atoms with Crippen molar-refractivity contribution in [1.82, 2.24) is 10.6 Å². The van der Waals surface area contributed by atoms with E-state index in [9.17, 15) is 14.4 Å². The molecule has 1 atom stereocenters. The SMILES string of the molecule is Cl.NCCNC(=O)CCC(=O)OC[C@H]1CNC(=O)O1. The topological polar surface area (TPSA) is 120 Å². The van der Waals surface area contributed by atoms with Gasteiger partial charge in [0.05, 0.1) is 13.0 Å². The number of hydrogen-bond acceptors (Lipinski definition) is 6. The van der Waals surface area contributed by atoms with E-state index in [-0.39, 0.29) is 37.8 Å². The highest BCUT2D eigenvalue weighted by molar-refractivity contribution is 5.85. The van der Waals surface area contributed by atoms with E-state index in [4.69, 9.17) is 15.2 Å². The Hall–Kier alpha value is -1.54. The van der Waals surface area contributed by atoms with Gasteiger partial charge in [-0.15, -0.1) is 12.4 Å². The summed E-state index contributed by atoms with van der Waals surface area (Å²) in [4.78, 5) is 33.1. The van der Waals surface area contributed by atoms with Crippen LogP contribution in [0.15, 0.2) is 0 Å². The predicted molar refractivity (Wildman–Crippen MR) is 67.8 cm³/mol. The van der Waals surface area contributed by atoms with Crippen LogP contribution in [0.25, 0.3) is 0 Å². The van der Waals surface area contributed by atoms with Crippen molar-refractivity contribution in [3.8, 4) is 0 Å². The third-order valence-corrected chi connectivity index (χ3v) is 2.20. The van der Waals surface area contributed by atoms with Gasteiger partial charge in [0.15, 0.2) is 6.10 Å². The van der Waals surface area contributed by atoms with Gasteiger partial charge in [0, 0.05) is 19.5 Å². The standard InChI is InChI=1S/C10H17N3O5.ClH/c11-3-4-12-8(14)1-2-9(15)17-6-7-5-13-10(16)18-7;/h7H,1-6,11H2,(H,12,14)(H,13,16);1H/t7-;/m1./s1. The maximum atomic E-state index is 11.3. The van der Waals surface area contributed by atoms with Gasteiger partial charge in [-0.3, -0.25) is 9.59 Å². The van der Waals surface area contributed by atoms with Gasteiger partial charge in [0.1, 0.15) is 6.61 Å². The van der Waals surface area contributed by atoms with Crippen molar-refractivity contribution in [2.75, 3.05) is 26.2 Å². The molecule has 1 aliphatic rings. The number of carbonyl (C=O) groups excluding carboxylic acids is 3. The van der Waals surface area contributed by atoms with Gasteiger partial charge in [-0.25, -0.2) is 4.79 Å². The Morgan fingerprint density at radius 3 is 2.79 bits per heavy atom. The molecule has 2 amide bonds. The lowest BCUT2D eigenvalue weighted by molar-refractivity contribution is -0.147.